The Bertz CT molecular complexity index is 537. The van der Waals surface area contributed by atoms with Gasteiger partial charge in [-0.1, -0.05) is 23.7 Å². The topological polar surface area (TPSA) is 46.2 Å². The molecule has 0 radical (unpaired) electrons. The second-order valence-corrected chi connectivity index (χ2v) is 8.36. The molecular weight excluding hydrogens is 270 g/mol. The van der Waals surface area contributed by atoms with Crippen molar-refractivity contribution < 1.29 is 8.42 Å². The maximum absolute atomic E-state index is 12.2. The third-order valence-electron chi connectivity index (χ3n) is 3.37. The third kappa shape index (κ3) is 2.71. The van der Waals surface area contributed by atoms with Crippen LogP contribution in [0.3, 0.4) is 0 Å². The van der Waals surface area contributed by atoms with Gasteiger partial charge in [0, 0.05) is 16.6 Å². The van der Waals surface area contributed by atoms with Crippen molar-refractivity contribution in [2.75, 3.05) is 5.75 Å². The average Bonchev–Trinajstić information content (AvgIpc) is 2.23. The van der Waals surface area contributed by atoms with Crippen LogP contribution < -0.4 is 5.32 Å². The van der Waals surface area contributed by atoms with Crippen LogP contribution in [-0.4, -0.2) is 25.0 Å². The summed E-state index contributed by atoms with van der Waals surface area (Å²) in [5.41, 5.74) is 0.554. The van der Waals surface area contributed by atoms with Crippen molar-refractivity contribution in [2.45, 2.75) is 37.6 Å². The lowest BCUT2D eigenvalue weighted by molar-refractivity contribution is 0.334. The Morgan fingerprint density at radius 2 is 1.83 bits per heavy atom. The molecule has 0 aromatic heterocycles. The first-order chi connectivity index (χ1) is 8.21. The van der Waals surface area contributed by atoms with E-state index in [-0.39, 0.29) is 11.8 Å². The van der Waals surface area contributed by atoms with E-state index in [1.807, 2.05) is 26.0 Å². The molecule has 1 aliphatic rings. The summed E-state index contributed by atoms with van der Waals surface area (Å²) in [7, 11) is -3.07. The minimum Gasteiger partial charge on any atom is -0.303 e. The Balaban J connectivity index is 2.40. The number of rotatable bonds is 1. The van der Waals surface area contributed by atoms with Gasteiger partial charge in [0.05, 0.1) is 11.0 Å². The molecule has 0 amide bonds. The minimum absolute atomic E-state index is 0.172. The Kier molecular flexibility index (Phi) is 3.47. The molecular formula is C13H18ClNO2S. The molecule has 0 aliphatic carbocycles. The largest absolute Gasteiger partial charge is 0.303 e. The highest BCUT2D eigenvalue weighted by Gasteiger charge is 2.42. The Labute approximate surface area is 113 Å². The summed E-state index contributed by atoms with van der Waals surface area (Å²) in [6, 6.07) is 7.16. The first-order valence-corrected chi connectivity index (χ1v) is 8.05. The van der Waals surface area contributed by atoms with Crippen molar-refractivity contribution in [1.82, 2.24) is 5.32 Å². The van der Waals surface area contributed by atoms with Crippen molar-refractivity contribution in [1.29, 1.82) is 0 Å². The molecule has 0 spiro atoms. The van der Waals surface area contributed by atoms with E-state index in [4.69, 9.17) is 11.6 Å². The quantitative estimate of drug-likeness (QED) is 0.863. The van der Waals surface area contributed by atoms with Gasteiger partial charge in [-0.15, -0.1) is 0 Å². The van der Waals surface area contributed by atoms with Gasteiger partial charge in [0.2, 0.25) is 0 Å². The lowest BCUT2D eigenvalue weighted by atomic mass is 9.99. The normalized spacial score (nSPS) is 30.0. The predicted octanol–water partition coefficient (Wildman–Crippen LogP) is 2.57. The zero-order valence-corrected chi connectivity index (χ0v) is 12.3. The van der Waals surface area contributed by atoms with E-state index in [2.05, 4.69) is 5.32 Å². The number of hydrogen-bond donors (Lipinski definition) is 1. The molecule has 1 aromatic carbocycles. The second-order valence-electron chi connectivity index (χ2n) is 5.57. The Hall–Kier alpha value is -0.580. The predicted molar refractivity (Wildman–Crippen MR) is 74.7 cm³/mol. The highest BCUT2D eigenvalue weighted by Crippen LogP contribution is 2.31. The molecule has 1 fully saturated rings. The summed E-state index contributed by atoms with van der Waals surface area (Å²) in [6.45, 7) is 5.59. The number of halogens is 1. The maximum atomic E-state index is 12.2. The molecule has 1 heterocycles. The maximum Gasteiger partial charge on any atom is 0.156 e. The molecule has 5 heteroatoms. The molecule has 100 valence electrons. The van der Waals surface area contributed by atoms with Crippen molar-refractivity contribution in [3.05, 3.63) is 34.9 Å². The SMILES string of the molecule is CC1C(c2ccc(Cl)cc2)NC(C)(C)CS1(=O)=O. The second kappa shape index (κ2) is 4.51. The molecule has 1 aromatic rings. The highest BCUT2D eigenvalue weighted by atomic mass is 35.5. The van der Waals surface area contributed by atoms with Crippen molar-refractivity contribution in [2.24, 2.45) is 0 Å². The van der Waals surface area contributed by atoms with Crippen LogP contribution in [0.15, 0.2) is 24.3 Å². The standard InChI is InChI=1S/C13H18ClNO2S/c1-9-12(10-4-6-11(14)7-5-10)15-13(2,3)8-18(9,16)17/h4-7,9,12,15H,8H2,1-3H3. The van der Waals surface area contributed by atoms with Gasteiger partial charge in [0.25, 0.3) is 0 Å². The van der Waals surface area contributed by atoms with Gasteiger partial charge < -0.3 is 5.32 Å². The Morgan fingerprint density at radius 3 is 2.39 bits per heavy atom. The monoisotopic (exact) mass is 287 g/mol. The van der Waals surface area contributed by atoms with E-state index in [1.54, 1.807) is 19.1 Å². The van der Waals surface area contributed by atoms with E-state index >= 15 is 0 Å². The lowest BCUT2D eigenvalue weighted by Gasteiger charge is -2.40. The van der Waals surface area contributed by atoms with Gasteiger partial charge in [-0.2, -0.15) is 0 Å². The molecule has 1 aliphatic heterocycles. The average molecular weight is 288 g/mol. The van der Waals surface area contributed by atoms with Gasteiger partial charge in [0.15, 0.2) is 9.84 Å². The van der Waals surface area contributed by atoms with Gasteiger partial charge in [0.1, 0.15) is 0 Å². The summed E-state index contributed by atoms with van der Waals surface area (Å²) in [5.74, 6) is 0.172. The molecule has 2 rings (SSSR count). The van der Waals surface area contributed by atoms with Gasteiger partial charge in [-0.25, -0.2) is 8.42 Å². The summed E-state index contributed by atoms with van der Waals surface area (Å²) >= 11 is 5.86. The third-order valence-corrected chi connectivity index (χ3v) is 6.15. The summed E-state index contributed by atoms with van der Waals surface area (Å²) in [4.78, 5) is 0. The van der Waals surface area contributed by atoms with Gasteiger partial charge in [-0.05, 0) is 38.5 Å². The highest BCUT2D eigenvalue weighted by molar-refractivity contribution is 7.92. The fourth-order valence-corrected chi connectivity index (χ4v) is 4.56. The molecule has 2 unspecified atom stereocenters. The summed E-state index contributed by atoms with van der Waals surface area (Å²) < 4.78 is 24.4. The molecule has 2 atom stereocenters. The van der Waals surface area contributed by atoms with E-state index in [9.17, 15) is 8.42 Å². The van der Waals surface area contributed by atoms with E-state index in [0.29, 0.717) is 5.02 Å². The zero-order chi connectivity index (χ0) is 13.6. The van der Waals surface area contributed by atoms with Crippen LogP contribution in [0.25, 0.3) is 0 Å². The smallest absolute Gasteiger partial charge is 0.156 e. The van der Waals surface area contributed by atoms with Crippen LogP contribution in [0.1, 0.15) is 32.4 Å². The number of hydrogen-bond acceptors (Lipinski definition) is 3. The van der Waals surface area contributed by atoms with Crippen LogP contribution in [0.2, 0.25) is 5.02 Å². The fraction of sp³-hybridized carbons (Fsp3) is 0.538. The summed E-state index contributed by atoms with van der Waals surface area (Å²) in [5, 5.41) is 3.64. The van der Waals surface area contributed by atoms with Gasteiger partial charge in [-0.3, -0.25) is 0 Å². The molecule has 0 saturated carbocycles. The number of benzene rings is 1. The lowest BCUT2D eigenvalue weighted by Crippen LogP contribution is -2.57. The van der Waals surface area contributed by atoms with E-state index < -0.39 is 20.6 Å². The van der Waals surface area contributed by atoms with E-state index in [0.717, 1.165) is 5.56 Å². The van der Waals surface area contributed by atoms with Crippen LogP contribution in [0, 0.1) is 0 Å². The molecule has 3 nitrogen and oxygen atoms in total. The molecule has 18 heavy (non-hydrogen) atoms. The fourth-order valence-electron chi connectivity index (χ4n) is 2.45. The van der Waals surface area contributed by atoms with Crippen molar-refractivity contribution in [3.8, 4) is 0 Å². The van der Waals surface area contributed by atoms with Crippen LogP contribution in [0.5, 0.6) is 0 Å². The van der Waals surface area contributed by atoms with Crippen LogP contribution in [0.4, 0.5) is 0 Å². The Morgan fingerprint density at radius 1 is 1.28 bits per heavy atom. The van der Waals surface area contributed by atoms with Crippen molar-refractivity contribution >= 4 is 21.4 Å². The summed E-state index contributed by atoms with van der Waals surface area (Å²) in [6.07, 6.45) is 0. The zero-order valence-electron chi connectivity index (χ0n) is 10.8. The van der Waals surface area contributed by atoms with E-state index in [1.165, 1.54) is 0 Å². The number of sulfone groups is 1. The number of nitrogens with one attached hydrogen (secondary N) is 1. The van der Waals surface area contributed by atoms with Gasteiger partial charge >= 0.3 is 0 Å². The minimum atomic E-state index is -3.07. The molecule has 1 saturated heterocycles. The van der Waals surface area contributed by atoms with Crippen LogP contribution in [-0.2, 0) is 9.84 Å². The molecule has 0 bridgehead atoms. The first-order valence-electron chi connectivity index (χ1n) is 5.96. The van der Waals surface area contributed by atoms with Crippen LogP contribution >= 0.6 is 11.6 Å². The molecule has 1 N–H and O–H groups in total. The van der Waals surface area contributed by atoms with Crippen molar-refractivity contribution in [3.63, 3.8) is 0 Å². The first kappa shape index (κ1) is 13.8.